The van der Waals surface area contributed by atoms with Crippen molar-refractivity contribution in [2.75, 3.05) is 19.8 Å². The van der Waals surface area contributed by atoms with Crippen molar-refractivity contribution in [2.45, 2.75) is 20.3 Å². The molecule has 1 aromatic rings. The van der Waals surface area contributed by atoms with Crippen LogP contribution in [0.2, 0.25) is 0 Å². The molecule has 80 valence electrons. The second kappa shape index (κ2) is 5.49. The lowest BCUT2D eigenvalue weighted by Crippen LogP contribution is -2.29. The van der Waals surface area contributed by atoms with Gasteiger partial charge in [0.05, 0.1) is 13.2 Å². The molecule has 2 nitrogen and oxygen atoms in total. The molecular weight excluding hydrogens is 194 g/mol. The minimum absolute atomic E-state index is 0.107. The maximum Gasteiger partial charge on any atom is 0.0529 e. The first kappa shape index (κ1) is 11.7. The van der Waals surface area contributed by atoms with Crippen molar-refractivity contribution in [2.24, 2.45) is 11.1 Å². The Morgan fingerprint density at radius 3 is 2.86 bits per heavy atom. The van der Waals surface area contributed by atoms with Crippen LogP contribution < -0.4 is 5.73 Å². The third-order valence-electron chi connectivity index (χ3n) is 2.12. The summed E-state index contributed by atoms with van der Waals surface area (Å²) in [7, 11) is 0. The highest BCUT2D eigenvalue weighted by Crippen LogP contribution is 2.13. The van der Waals surface area contributed by atoms with Crippen LogP contribution >= 0.6 is 11.3 Å². The lowest BCUT2D eigenvalue weighted by Gasteiger charge is -2.21. The smallest absolute Gasteiger partial charge is 0.0529 e. The Hall–Kier alpha value is -0.380. The van der Waals surface area contributed by atoms with E-state index in [4.69, 9.17) is 10.5 Å². The summed E-state index contributed by atoms with van der Waals surface area (Å²) in [5.74, 6) is 0. The van der Waals surface area contributed by atoms with Gasteiger partial charge in [0.15, 0.2) is 0 Å². The quantitative estimate of drug-likeness (QED) is 0.736. The van der Waals surface area contributed by atoms with Crippen molar-refractivity contribution in [1.29, 1.82) is 0 Å². The summed E-state index contributed by atoms with van der Waals surface area (Å²) in [6, 6.07) is 4.21. The topological polar surface area (TPSA) is 35.2 Å². The van der Waals surface area contributed by atoms with E-state index in [0.29, 0.717) is 6.54 Å². The molecular formula is C11H19NOS. The maximum absolute atomic E-state index is 5.61. The fourth-order valence-electron chi connectivity index (χ4n) is 1.03. The predicted octanol–water partition coefficient (Wildman–Crippen LogP) is 2.29. The van der Waals surface area contributed by atoms with Gasteiger partial charge in [0, 0.05) is 16.7 Å². The molecule has 0 unspecified atom stereocenters. The van der Waals surface area contributed by atoms with Crippen molar-refractivity contribution < 1.29 is 4.74 Å². The number of nitrogens with two attached hydrogens (primary N) is 1. The van der Waals surface area contributed by atoms with E-state index >= 15 is 0 Å². The summed E-state index contributed by atoms with van der Waals surface area (Å²) >= 11 is 1.78. The molecule has 0 amide bonds. The zero-order valence-corrected chi connectivity index (χ0v) is 9.77. The van der Waals surface area contributed by atoms with Crippen molar-refractivity contribution >= 4 is 11.3 Å². The van der Waals surface area contributed by atoms with Crippen molar-refractivity contribution in [1.82, 2.24) is 0 Å². The maximum atomic E-state index is 5.61. The van der Waals surface area contributed by atoms with Crippen LogP contribution in [0.25, 0.3) is 0 Å². The number of rotatable bonds is 6. The van der Waals surface area contributed by atoms with Crippen LogP contribution in [-0.4, -0.2) is 19.8 Å². The Morgan fingerprint density at radius 2 is 2.29 bits per heavy atom. The van der Waals surface area contributed by atoms with Gasteiger partial charge in [-0.1, -0.05) is 19.9 Å². The highest BCUT2D eigenvalue weighted by atomic mass is 32.1. The van der Waals surface area contributed by atoms with Gasteiger partial charge in [-0.15, -0.1) is 11.3 Å². The van der Waals surface area contributed by atoms with Gasteiger partial charge in [-0.25, -0.2) is 0 Å². The van der Waals surface area contributed by atoms with E-state index in [9.17, 15) is 0 Å². The number of thiophene rings is 1. The lowest BCUT2D eigenvalue weighted by molar-refractivity contribution is 0.0687. The summed E-state index contributed by atoms with van der Waals surface area (Å²) in [6.07, 6.45) is 1.01. The first-order valence-electron chi connectivity index (χ1n) is 4.94. The van der Waals surface area contributed by atoms with Crippen LogP contribution in [0.3, 0.4) is 0 Å². The summed E-state index contributed by atoms with van der Waals surface area (Å²) in [5.41, 5.74) is 5.71. The van der Waals surface area contributed by atoms with Crippen molar-refractivity contribution in [3.63, 3.8) is 0 Å². The number of hydrogen-bond acceptors (Lipinski definition) is 3. The molecule has 1 aromatic heterocycles. The number of hydrogen-bond donors (Lipinski definition) is 1. The van der Waals surface area contributed by atoms with Gasteiger partial charge < -0.3 is 10.5 Å². The first-order chi connectivity index (χ1) is 6.64. The molecule has 0 aliphatic heterocycles. The molecule has 1 rings (SSSR count). The third kappa shape index (κ3) is 4.22. The Bertz CT molecular complexity index is 244. The fraction of sp³-hybridized carbons (Fsp3) is 0.636. The van der Waals surface area contributed by atoms with Crippen LogP contribution in [0.4, 0.5) is 0 Å². The molecule has 0 radical (unpaired) electrons. The monoisotopic (exact) mass is 213 g/mol. The van der Waals surface area contributed by atoms with Gasteiger partial charge in [0.1, 0.15) is 0 Å². The molecule has 0 atom stereocenters. The van der Waals surface area contributed by atoms with Crippen LogP contribution in [0.5, 0.6) is 0 Å². The van der Waals surface area contributed by atoms with Gasteiger partial charge in [0.25, 0.3) is 0 Å². The molecule has 0 saturated carbocycles. The molecule has 0 fully saturated rings. The largest absolute Gasteiger partial charge is 0.380 e. The van der Waals surface area contributed by atoms with E-state index in [0.717, 1.165) is 19.6 Å². The van der Waals surface area contributed by atoms with Crippen LogP contribution in [-0.2, 0) is 11.2 Å². The molecule has 0 spiro atoms. The van der Waals surface area contributed by atoms with E-state index in [-0.39, 0.29) is 5.41 Å². The van der Waals surface area contributed by atoms with E-state index in [1.807, 2.05) is 0 Å². The van der Waals surface area contributed by atoms with Crippen LogP contribution in [0, 0.1) is 5.41 Å². The molecule has 0 aromatic carbocycles. The van der Waals surface area contributed by atoms with Gasteiger partial charge in [-0.05, 0) is 18.0 Å². The second-order valence-electron chi connectivity index (χ2n) is 4.25. The van der Waals surface area contributed by atoms with Gasteiger partial charge in [-0.2, -0.15) is 0 Å². The highest BCUT2D eigenvalue weighted by Gasteiger charge is 2.15. The Morgan fingerprint density at radius 1 is 1.50 bits per heavy atom. The minimum Gasteiger partial charge on any atom is -0.380 e. The Kier molecular flexibility index (Phi) is 4.58. The van der Waals surface area contributed by atoms with Crippen molar-refractivity contribution in [3.8, 4) is 0 Å². The molecule has 0 saturated heterocycles. The lowest BCUT2D eigenvalue weighted by atomic mass is 9.95. The fourth-order valence-corrected chi connectivity index (χ4v) is 1.73. The molecule has 0 aliphatic carbocycles. The molecule has 14 heavy (non-hydrogen) atoms. The third-order valence-corrected chi connectivity index (χ3v) is 3.05. The summed E-state index contributed by atoms with van der Waals surface area (Å²) in [5, 5.41) is 2.10. The van der Waals surface area contributed by atoms with Crippen LogP contribution in [0.15, 0.2) is 17.5 Å². The van der Waals surface area contributed by atoms with Crippen LogP contribution in [0.1, 0.15) is 18.7 Å². The van der Waals surface area contributed by atoms with Gasteiger partial charge in [0.2, 0.25) is 0 Å². The predicted molar refractivity (Wildman–Crippen MR) is 61.7 cm³/mol. The van der Waals surface area contributed by atoms with Gasteiger partial charge >= 0.3 is 0 Å². The molecule has 0 bridgehead atoms. The summed E-state index contributed by atoms with van der Waals surface area (Å²) in [6.45, 7) is 6.46. The van der Waals surface area contributed by atoms with Crippen molar-refractivity contribution in [3.05, 3.63) is 22.4 Å². The van der Waals surface area contributed by atoms with E-state index in [2.05, 4.69) is 31.4 Å². The molecule has 3 heteroatoms. The zero-order chi connectivity index (χ0) is 10.4. The summed E-state index contributed by atoms with van der Waals surface area (Å²) < 4.78 is 5.59. The number of ether oxygens (including phenoxy) is 1. The molecule has 1 heterocycles. The Balaban J connectivity index is 2.11. The van der Waals surface area contributed by atoms with E-state index in [1.165, 1.54) is 4.88 Å². The minimum atomic E-state index is 0.107. The first-order valence-corrected chi connectivity index (χ1v) is 5.82. The van der Waals surface area contributed by atoms with E-state index < -0.39 is 0 Å². The molecule has 2 N–H and O–H groups in total. The second-order valence-corrected chi connectivity index (χ2v) is 5.28. The average Bonchev–Trinajstić information content (AvgIpc) is 2.65. The highest BCUT2D eigenvalue weighted by molar-refractivity contribution is 7.09. The zero-order valence-electron chi connectivity index (χ0n) is 8.95. The SMILES string of the molecule is CC(C)(CN)COCCc1cccs1. The Labute approximate surface area is 90.1 Å². The summed E-state index contributed by atoms with van der Waals surface area (Å²) in [4.78, 5) is 1.38. The normalized spacial score (nSPS) is 11.9. The average molecular weight is 213 g/mol. The van der Waals surface area contributed by atoms with Gasteiger partial charge in [-0.3, -0.25) is 0 Å². The standard InChI is InChI=1S/C11H19NOS/c1-11(2,8-12)9-13-6-5-10-4-3-7-14-10/h3-4,7H,5-6,8-9,12H2,1-2H3. The van der Waals surface area contributed by atoms with E-state index in [1.54, 1.807) is 11.3 Å². The molecule has 0 aliphatic rings.